The van der Waals surface area contributed by atoms with Crippen molar-refractivity contribution in [1.29, 1.82) is 5.26 Å². The Morgan fingerprint density at radius 2 is 2.03 bits per heavy atom. The Morgan fingerprint density at radius 3 is 2.68 bits per heavy atom. The summed E-state index contributed by atoms with van der Waals surface area (Å²) >= 11 is 0. The minimum Gasteiger partial charge on any atom is -0.360 e. The van der Waals surface area contributed by atoms with Gasteiger partial charge in [-0.2, -0.15) is 5.26 Å². The van der Waals surface area contributed by atoms with Gasteiger partial charge in [0.25, 0.3) is 0 Å². The minimum absolute atomic E-state index is 0.0328. The van der Waals surface area contributed by atoms with Gasteiger partial charge in [0.05, 0.1) is 18.8 Å². The normalized spacial score (nSPS) is 36.6. The molecule has 1 aromatic rings. The first-order valence-electron chi connectivity index (χ1n) is 11.1. The topological polar surface area (TPSA) is 128 Å². The maximum absolute atomic E-state index is 13.1. The van der Waals surface area contributed by atoms with Crippen LogP contribution < -0.4 is 10.0 Å². The van der Waals surface area contributed by atoms with Gasteiger partial charge in [-0.15, -0.1) is 0 Å². The van der Waals surface area contributed by atoms with Gasteiger partial charge in [-0.1, -0.05) is 5.16 Å². The lowest BCUT2D eigenvalue weighted by Gasteiger charge is -2.62. The molecule has 31 heavy (non-hydrogen) atoms. The van der Waals surface area contributed by atoms with Crippen LogP contribution in [0, 0.1) is 30.1 Å². The molecule has 3 unspecified atom stereocenters. The quantitative estimate of drug-likeness (QED) is 0.675. The Balaban J connectivity index is 1.33. The summed E-state index contributed by atoms with van der Waals surface area (Å²) in [4.78, 5) is 14.6. The van der Waals surface area contributed by atoms with Gasteiger partial charge in [-0.05, 0) is 70.1 Å². The van der Waals surface area contributed by atoms with E-state index < -0.39 is 15.6 Å². The van der Waals surface area contributed by atoms with Gasteiger partial charge in [0, 0.05) is 17.6 Å². The zero-order chi connectivity index (χ0) is 21.9. The molecule has 6 rings (SSSR count). The second-order valence-corrected chi connectivity index (χ2v) is 11.8. The highest BCUT2D eigenvalue weighted by atomic mass is 32.2. The number of sulfonamides is 1. The maximum atomic E-state index is 13.1. The summed E-state index contributed by atoms with van der Waals surface area (Å²) in [5.74, 6) is 1.13. The molecule has 1 amide bonds. The molecule has 0 spiro atoms. The number of hydrogen-bond acceptors (Lipinski definition) is 7. The van der Waals surface area contributed by atoms with E-state index in [0.717, 1.165) is 44.9 Å². The van der Waals surface area contributed by atoms with E-state index in [1.165, 1.54) is 6.20 Å². The zero-order valence-corrected chi connectivity index (χ0v) is 18.6. The fourth-order valence-electron chi connectivity index (χ4n) is 7.04. The zero-order valence-electron chi connectivity index (χ0n) is 17.8. The van der Waals surface area contributed by atoms with E-state index in [2.05, 4.69) is 21.3 Å². The highest BCUT2D eigenvalue weighted by Crippen LogP contribution is 2.57. The van der Waals surface area contributed by atoms with E-state index in [1.54, 1.807) is 11.8 Å². The van der Waals surface area contributed by atoms with Crippen molar-refractivity contribution in [3.63, 3.8) is 0 Å². The van der Waals surface area contributed by atoms with Crippen LogP contribution in [0.15, 0.2) is 15.6 Å². The monoisotopic (exact) mass is 447 g/mol. The average molecular weight is 448 g/mol. The average Bonchev–Trinajstić information content (AvgIpc) is 3.33. The second-order valence-electron chi connectivity index (χ2n) is 10.1. The molecule has 4 bridgehead atoms. The van der Waals surface area contributed by atoms with Gasteiger partial charge < -0.3 is 14.7 Å². The van der Waals surface area contributed by atoms with Crippen molar-refractivity contribution in [2.24, 2.45) is 11.8 Å². The van der Waals surface area contributed by atoms with Crippen molar-refractivity contribution in [2.45, 2.75) is 80.3 Å². The number of rotatable bonds is 6. The van der Waals surface area contributed by atoms with Crippen molar-refractivity contribution < 1.29 is 17.7 Å². The van der Waals surface area contributed by atoms with Crippen molar-refractivity contribution >= 4 is 15.9 Å². The number of nitriles is 1. The van der Waals surface area contributed by atoms with Crippen molar-refractivity contribution in [2.75, 3.05) is 13.1 Å². The Labute approximate surface area is 182 Å². The lowest BCUT2D eigenvalue weighted by atomic mass is 9.50. The van der Waals surface area contributed by atoms with Crippen LogP contribution in [-0.2, 0) is 14.8 Å². The van der Waals surface area contributed by atoms with Crippen LogP contribution >= 0.6 is 0 Å². The van der Waals surface area contributed by atoms with Crippen molar-refractivity contribution in [3.05, 3.63) is 12.0 Å². The van der Waals surface area contributed by atoms with Gasteiger partial charge in [-0.3, -0.25) is 4.79 Å². The van der Waals surface area contributed by atoms with E-state index in [0.29, 0.717) is 24.8 Å². The van der Waals surface area contributed by atoms with Crippen molar-refractivity contribution in [1.82, 2.24) is 20.1 Å². The lowest BCUT2D eigenvalue weighted by molar-refractivity contribution is -0.131. The third kappa shape index (κ3) is 3.66. The number of hydrogen-bond donors (Lipinski definition) is 2. The number of carbonyl (C=O) groups excluding carboxylic acids is 1. The first kappa shape index (κ1) is 20.9. The lowest BCUT2D eigenvalue weighted by Crippen LogP contribution is -2.69. The van der Waals surface area contributed by atoms with Gasteiger partial charge in [0.15, 0.2) is 5.76 Å². The third-order valence-corrected chi connectivity index (χ3v) is 9.42. The van der Waals surface area contributed by atoms with Gasteiger partial charge in [0.1, 0.15) is 10.9 Å². The maximum Gasteiger partial charge on any atom is 0.246 e. The third-order valence-electron chi connectivity index (χ3n) is 7.74. The van der Waals surface area contributed by atoms with Crippen LogP contribution in [0.2, 0.25) is 0 Å². The van der Waals surface area contributed by atoms with E-state index in [1.807, 2.05) is 0 Å². The van der Waals surface area contributed by atoms with Crippen LogP contribution in [0.1, 0.15) is 57.1 Å². The SMILES string of the molecule is Cc1oncc1S(=O)(=O)NC12CC3C[C@@H](CC(NCC(=O)N4CCC[C@H]4C#N)(C3)C1)C2. The predicted octanol–water partition coefficient (Wildman–Crippen LogP) is 1.46. The molecule has 168 valence electrons. The van der Waals surface area contributed by atoms with E-state index in [9.17, 15) is 18.5 Å². The number of nitrogens with zero attached hydrogens (tertiary/aromatic N) is 3. The van der Waals surface area contributed by atoms with Crippen LogP contribution in [0.5, 0.6) is 0 Å². The van der Waals surface area contributed by atoms with E-state index in [4.69, 9.17) is 4.52 Å². The van der Waals surface area contributed by atoms with E-state index in [-0.39, 0.29) is 34.7 Å². The largest absolute Gasteiger partial charge is 0.360 e. The summed E-state index contributed by atoms with van der Waals surface area (Å²) in [5.41, 5.74) is -0.751. The summed E-state index contributed by atoms with van der Waals surface area (Å²) in [6.07, 6.45) is 8.24. The van der Waals surface area contributed by atoms with Crippen molar-refractivity contribution in [3.8, 4) is 6.07 Å². The molecule has 1 saturated heterocycles. The first-order chi connectivity index (χ1) is 14.7. The summed E-state index contributed by atoms with van der Waals surface area (Å²) in [7, 11) is -3.74. The molecule has 0 radical (unpaired) electrons. The highest BCUT2D eigenvalue weighted by molar-refractivity contribution is 7.89. The molecule has 1 aromatic heterocycles. The smallest absolute Gasteiger partial charge is 0.246 e. The van der Waals surface area contributed by atoms with Gasteiger partial charge >= 0.3 is 0 Å². The number of amides is 1. The Bertz CT molecular complexity index is 1010. The fraction of sp³-hybridized carbons (Fsp3) is 0.762. The summed E-state index contributed by atoms with van der Waals surface area (Å²) in [6.45, 7) is 2.44. The van der Waals surface area contributed by atoms with Gasteiger partial charge in [-0.25, -0.2) is 13.1 Å². The molecule has 5 aliphatic rings. The van der Waals surface area contributed by atoms with Crippen LogP contribution in [0.3, 0.4) is 0 Å². The molecule has 9 nitrogen and oxygen atoms in total. The summed E-state index contributed by atoms with van der Waals surface area (Å²) < 4.78 is 34.2. The molecular weight excluding hydrogens is 418 g/mol. The molecule has 5 atom stereocenters. The number of aryl methyl sites for hydroxylation is 1. The van der Waals surface area contributed by atoms with Crippen LogP contribution in [0.4, 0.5) is 0 Å². The standard InChI is InChI=1S/C21H29N5O4S/c1-14-18(11-24-30-14)31(28,29)25-21-8-15-5-16(9-21)7-20(6-15,13-21)23-12-19(27)26-4-2-3-17(26)10-22/h11,15-17,23,25H,2-9,12-13H2,1H3/t15-,16?,17-,20?,21?/m0/s1. The second kappa shape index (κ2) is 7.29. The Hall–Kier alpha value is -1.96. The molecule has 1 aliphatic heterocycles. The molecule has 0 aromatic carbocycles. The van der Waals surface area contributed by atoms with E-state index >= 15 is 0 Å². The number of aromatic nitrogens is 1. The summed E-state index contributed by atoms with van der Waals surface area (Å²) in [6, 6.07) is 1.90. The molecule has 10 heteroatoms. The minimum atomic E-state index is -3.74. The number of likely N-dealkylation sites (tertiary alicyclic amines) is 1. The number of carbonyl (C=O) groups is 1. The molecule has 2 heterocycles. The highest BCUT2D eigenvalue weighted by Gasteiger charge is 2.59. The molecule has 4 saturated carbocycles. The Morgan fingerprint density at radius 1 is 1.32 bits per heavy atom. The fourth-order valence-corrected chi connectivity index (χ4v) is 8.56. The Kier molecular flexibility index (Phi) is 4.92. The van der Waals surface area contributed by atoms with Crippen LogP contribution in [0.25, 0.3) is 0 Å². The molecule has 2 N–H and O–H groups in total. The predicted molar refractivity (Wildman–Crippen MR) is 110 cm³/mol. The molecule has 4 aliphatic carbocycles. The summed E-state index contributed by atoms with van der Waals surface area (Å²) in [5, 5.41) is 16.4. The molecular formula is C21H29N5O4S. The number of nitrogens with one attached hydrogen (secondary N) is 2. The molecule has 5 fully saturated rings. The van der Waals surface area contributed by atoms with Gasteiger partial charge in [0.2, 0.25) is 15.9 Å². The van der Waals surface area contributed by atoms with Crippen LogP contribution in [-0.4, -0.2) is 54.6 Å². The first-order valence-corrected chi connectivity index (χ1v) is 12.6.